The van der Waals surface area contributed by atoms with Gasteiger partial charge in [0.15, 0.2) is 0 Å². The third kappa shape index (κ3) is 2.92. The molecule has 0 bridgehead atoms. The first kappa shape index (κ1) is 14.8. The fourth-order valence-corrected chi connectivity index (χ4v) is 3.60. The summed E-state index contributed by atoms with van der Waals surface area (Å²) in [7, 11) is -3.68. The van der Waals surface area contributed by atoms with Gasteiger partial charge in [-0.25, -0.2) is 8.42 Å². The smallest absolute Gasteiger partial charge is 0.248 e. The summed E-state index contributed by atoms with van der Waals surface area (Å²) in [5.74, 6) is -0.649. The number of amides is 1. The average molecular weight is 299 g/mol. The molecule has 2 rings (SSSR count). The molecule has 110 valence electrons. The number of benzene rings is 1. The molecule has 0 aromatic heterocycles. The molecule has 4 N–H and O–H groups in total. The van der Waals surface area contributed by atoms with E-state index in [1.807, 2.05) is 0 Å². The fraction of sp³-hybridized carbons (Fsp3) is 0.417. The van der Waals surface area contributed by atoms with Crippen molar-refractivity contribution in [1.82, 2.24) is 4.31 Å². The zero-order valence-corrected chi connectivity index (χ0v) is 11.7. The molecule has 0 unspecified atom stereocenters. The van der Waals surface area contributed by atoms with Crippen LogP contribution in [0.4, 0.5) is 5.69 Å². The van der Waals surface area contributed by atoms with Crippen LogP contribution >= 0.6 is 0 Å². The Kier molecular flexibility index (Phi) is 4.26. The first-order chi connectivity index (χ1) is 9.43. The zero-order valence-electron chi connectivity index (χ0n) is 10.9. The molecule has 1 saturated heterocycles. The van der Waals surface area contributed by atoms with Gasteiger partial charge in [-0.15, -0.1) is 0 Å². The normalized spacial score (nSPS) is 17.6. The summed E-state index contributed by atoms with van der Waals surface area (Å²) in [6.45, 7) is 1.58. The van der Waals surface area contributed by atoms with Gasteiger partial charge < -0.3 is 16.2 Å². The van der Waals surface area contributed by atoms with Crippen LogP contribution in [0.2, 0.25) is 0 Å². The first-order valence-corrected chi connectivity index (χ1v) is 7.64. The summed E-state index contributed by atoms with van der Waals surface area (Å²) in [5, 5.41) is 0. The SMILES string of the molecule is NC(=O)c1ccc(S(=O)(=O)N2CCCOCC2)c(N)c1. The van der Waals surface area contributed by atoms with E-state index in [-0.39, 0.29) is 16.1 Å². The fourth-order valence-electron chi connectivity index (χ4n) is 2.04. The minimum Gasteiger partial charge on any atom is -0.398 e. The Morgan fingerprint density at radius 1 is 1.25 bits per heavy atom. The van der Waals surface area contributed by atoms with Crippen LogP contribution in [0.15, 0.2) is 23.1 Å². The van der Waals surface area contributed by atoms with Crippen LogP contribution in [-0.2, 0) is 14.8 Å². The lowest BCUT2D eigenvalue weighted by Gasteiger charge is -2.20. The Labute approximate surface area is 117 Å². The molecular weight excluding hydrogens is 282 g/mol. The van der Waals surface area contributed by atoms with Crippen LogP contribution in [-0.4, -0.2) is 44.9 Å². The standard InChI is InChI=1S/C12H17N3O4S/c13-10-8-9(12(14)16)2-3-11(10)20(17,18)15-4-1-6-19-7-5-15/h2-3,8H,1,4-7,13H2,(H2,14,16). The molecule has 1 aromatic rings. The molecule has 0 aliphatic carbocycles. The van der Waals surface area contributed by atoms with E-state index < -0.39 is 15.9 Å². The number of nitrogens with zero attached hydrogens (tertiary/aromatic N) is 1. The maximum atomic E-state index is 12.5. The van der Waals surface area contributed by atoms with Crippen molar-refractivity contribution in [3.05, 3.63) is 23.8 Å². The second-order valence-corrected chi connectivity index (χ2v) is 6.39. The maximum Gasteiger partial charge on any atom is 0.248 e. The van der Waals surface area contributed by atoms with E-state index in [0.29, 0.717) is 32.7 Å². The van der Waals surface area contributed by atoms with Gasteiger partial charge in [0.2, 0.25) is 15.9 Å². The van der Waals surface area contributed by atoms with E-state index in [0.717, 1.165) is 0 Å². The van der Waals surface area contributed by atoms with E-state index in [1.54, 1.807) is 0 Å². The van der Waals surface area contributed by atoms with E-state index in [1.165, 1.54) is 22.5 Å². The van der Waals surface area contributed by atoms with Gasteiger partial charge in [0.05, 0.1) is 12.3 Å². The quantitative estimate of drug-likeness (QED) is 0.748. The number of hydrogen-bond donors (Lipinski definition) is 2. The van der Waals surface area contributed by atoms with E-state index in [9.17, 15) is 13.2 Å². The predicted octanol–water partition coefficient (Wildman–Crippen LogP) is -0.221. The van der Waals surface area contributed by atoms with Crippen molar-refractivity contribution in [3.8, 4) is 0 Å². The Morgan fingerprint density at radius 3 is 2.65 bits per heavy atom. The number of ether oxygens (including phenoxy) is 1. The summed E-state index contributed by atoms with van der Waals surface area (Å²) in [6.07, 6.45) is 0.637. The second-order valence-electron chi connectivity index (χ2n) is 4.49. The van der Waals surface area contributed by atoms with Crippen molar-refractivity contribution in [1.29, 1.82) is 0 Å². The monoisotopic (exact) mass is 299 g/mol. The summed E-state index contributed by atoms with van der Waals surface area (Å²) in [5.41, 5.74) is 11.1. The number of nitrogens with two attached hydrogens (primary N) is 2. The lowest BCUT2D eigenvalue weighted by molar-refractivity contribution is 0.1000. The Bertz CT molecular complexity index is 607. The van der Waals surface area contributed by atoms with Crippen molar-refractivity contribution in [3.63, 3.8) is 0 Å². The van der Waals surface area contributed by atoms with Gasteiger partial charge in [0, 0.05) is 25.3 Å². The van der Waals surface area contributed by atoms with E-state index in [4.69, 9.17) is 16.2 Å². The third-order valence-electron chi connectivity index (χ3n) is 3.09. The lowest BCUT2D eigenvalue weighted by Crippen LogP contribution is -2.33. The van der Waals surface area contributed by atoms with Crippen molar-refractivity contribution in [2.45, 2.75) is 11.3 Å². The molecule has 0 spiro atoms. The largest absolute Gasteiger partial charge is 0.398 e. The van der Waals surface area contributed by atoms with Gasteiger partial charge >= 0.3 is 0 Å². The van der Waals surface area contributed by atoms with Gasteiger partial charge in [0.1, 0.15) is 4.90 Å². The highest BCUT2D eigenvalue weighted by Crippen LogP contribution is 2.24. The average Bonchev–Trinajstić information content (AvgIpc) is 2.67. The first-order valence-electron chi connectivity index (χ1n) is 6.20. The van der Waals surface area contributed by atoms with Gasteiger partial charge in [-0.1, -0.05) is 0 Å². The highest BCUT2D eigenvalue weighted by molar-refractivity contribution is 7.89. The predicted molar refractivity (Wildman–Crippen MR) is 73.6 cm³/mol. The number of rotatable bonds is 3. The minimum absolute atomic E-state index is 0.00981. The molecule has 1 amide bonds. The highest BCUT2D eigenvalue weighted by atomic mass is 32.2. The topological polar surface area (TPSA) is 116 Å². The summed E-state index contributed by atoms with van der Waals surface area (Å²) < 4.78 is 31.6. The van der Waals surface area contributed by atoms with Crippen LogP contribution in [0.3, 0.4) is 0 Å². The molecular formula is C12H17N3O4S. The molecule has 7 nitrogen and oxygen atoms in total. The van der Waals surface area contributed by atoms with E-state index in [2.05, 4.69) is 0 Å². The molecule has 8 heteroatoms. The van der Waals surface area contributed by atoms with Crippen LogP contribution in [0.1, 0.15) is 16.8 Å². The van der Waals surface area contributed by atoms with Crippen LogP contribution in [0.25, 0.3) is 0 Å². The minimum atomic E-state index is -3.68. The molecule has 1 fully saturated rings. The number of nitrogen functional groups attached to an aromatic ring is 1. The lowest BCUT2D eigenvalue weighted by atomic mass is 10.2. The molecule has 20 heavy (non-hydrogen) atoms. The molecule has 0 saturated carbocycles. The van der Waals surface area contributed by atoms with Crippen molar-refractivity contribution in [2.75, 3.05) is 32.0 Å². The van der Waals surface area contributed by atoms with Crippen molar-refractivity contribution < 1.29 is 17.9 Å². The van der Waals surface area contributed by atoms with Gasteiger partial charge in [-0.3, -0.25) is 4.79 Å². The molecule has 1 aliphatic rings. The molecule has 1 aromatic carbocycles. The molecule has 0 radical (unpaired) electrons. The Morgan fingerprint density at radius 2 is 2.00 bits per heavy atom. The zero-order chi connectivity index (χ0) is 14.8. The molecule has 1 heterocycles. The number of hydrogen-bond acceptors (Lipinski definition) is 5. The van der Waals surface area contributed by atoms with Crippen LogP contribution < -0.4 is 11.5 Å². The molecule has 0 atom stereocenters. The third-order valence-corrected chi connectivity index (χ3v) is 5.07. The van der Waals surface area contributed by atoms with Crippen LogP contribution in [0.5, 0.6) is 0 Å². The van der Waals surface area contributed by atoms with Crippen molar-refractivity contribution in [2.24, 2.45) is 5.73 Å². The summed E-state index contributed by atoms with van der Waals surface area (Å²) in [6, 6.07) is 3.96. The second kappa shape index (κ2) is 5.78. The number of anilines is 1. The Balaban J connectivity index is 2.36. The van der Waals surface area contributed by atoms with Gasteiger partial charge in [0.25, 0.3) is 0 Å². The highest BCUT2D eigenvalue weighted by Gasteiger charge is 2.27. The molecule has 1 aliphatic heterocycles. The number of primary amides is 1. The maximum absolute atomic E-state index is 12.5. The number of carbonyl (C=O) groups excluding carboxylic acids is 1. The van der Waals surface area contributed by atoms with Gasteiger partial charge in [-0.05, 0) is 24.6 Å². The van der Waals surface area contributed by atoms with Gasteiger partial charge in [-0.2, -0.15) is 4.31 Å². The number of sulfonamides is 1. The number of carbonyl (C=O) groups is 1. The summed E-state index contributed by atoms with van der Waals surface area (Å²) >= 11 is 0. The Hall–Kier alpha value is -1.64. The van der Waals surface area contributed by atoms with Crippen molar-refractivity contribution >= 4 is 21.6 Å². The van der Waals surface area contributed by atoms with E-state index >= 15 is 0 Å². The summed E-state index contributed by atoms with van der Waals surface area (Å²) in [4.78, 5) is 11.0. The van der Waals surface area contributed by atoms with Crippen LogP contribution in [0, 0.1) is 0 Å².